The van der Waals surface area contributed by atoms with E-state index in [0.29, 0.717) is 6.54 Å². The van der Waals surface area contributed by atoms with Crippen LogP contribution in [-0.4, -0.2) is 29.1 Å². The van der Waals surface area contributed by atoms with Gasteiger partial charge >= 0.3 is 12.1 Å². The number of aromatic nitrogens is 2. The van der Waals surface area contributed by atoms with Crippen molar-refractivity contribution in [2.45, 2.75) is 32.9 Å². The lowest BCUT2D eigenvalue weighted by Gasteiger charge is -2.12. The number of nitrogens with one attached hydrogen (secondary N) is 1. The Morgan fingerprint density at radius 3 is 2.65 bits per heavy atom. The number of carbonyl (C=O) groups excluding carboxylic acids is 1. The van der Waals surface area contributed by atoms with Crippen LogP contribution in [0, 0.1) is 0 Å². The second-order valence-electron chi connectivity index (χ2n) is 3.95. The molecule has 0 atom stereocenters. The SMILES string of the molecule is CCCCNc1ncc(C(=O)OCC)c(C(F)(F)F)n1. The molecular formula is C12H16F3N3O2. The molecule has 0 spiro atoms. The first-order chi connectivity index (χ1) is 9.40. The van der Waals surface area contributed by atoms with E-state index in [4.69, 9.17) is 0 Å². The molecule has 1 rings (SSSR count). The van der Waals surface area contributed by atoms with Crippen molar-refractivity contribution in [2.75, 3.05) is 18.5 Å². The van der Waals surface area contributed by atoms with Gasteiger partial charge in [0.15, 0.2) is 5.69 Å². The Morgan fingerprint density at radius 1 is 1.40 bits per heavy atom. The average Bonchev–Trinajstić information content (AvgIpc) is 2.38. The molecule has 1 N–H and O–H groups in total. The van der Waals surface area contributed by atoms with Gasteiger partial charge in [-0.05, 0) is 13.3 Å². The molecular weight excluding hydrogens is 275 g/mol. The Kier molecular flexibility index (Phi) is 5.72. The zero-order valence-electron chi connectivity index (χ0n) is 11.3. The summed E-state index contributed by atoms with van der Waals surface area (Å²) in [5.74, 6) is -1.24. The van der Waals surface area contributed by atoms with Crippen LogP contribution in [0.3, 0.4) is 0 Å². The lowest BCUT2D eigenvalue weighted by molar-refractivity contribution is -0.141. The number of hydrogen-bond donors (Lipinski definition) is 1. The predicted molar refractivity (Wildman–Crippen MR) is 66.4 cm³/mol. The Bertz CT molecular complexity index is 464. The molecule has 0 aliphatic rings. The van der Waals surface area contributed by atoms with E-state index >= 15 is 0 Å². The molecule has 0 aliphatic heterocycles. The summed E-state index contributed by atoms with van der Waals surface area (Å²) in [5.41, 5.74) is -1.97. The molecule has 8 heteroatoms. The van der Waals surface area contributed by atoms with Crippen LogP contribution in [0.5, 0.6) is 0 Å². The molecule has 1 heterocycles. The van der Waals surface area contributed by atoms with E-state index in [0.717, 1.165) is 19.0 Å². The average molecular weight is 291 g/mol. The minimum atomic E-state index is -4.74. The van der Waals surface area contributed by atoms with Crippen molar-refractivity contribution < 1.29 is 22.7 Å². The summed E-state index contributed by atoms with van der Waals surface area (Å²) < 4.78 is 43.2. The molecule has 0 aliphatic carbocycles. The Labute approximate surface area is 114 Å². The number of nitrogens with zero attached hydrogens (tertiary/aromatic N) is 2. The predicted octanol–water partition coefficient (Wildman–Crippen LogP) is 2.88. The van der Waals surface area contributed by atoms with E-state index in [9.17, 15) is 18.0 Å². The lowest BCUT2D eigenvalue weighted by atomic mass is 10.2. The maximum Gasteiger partial charge on any atom is 0.434 e. The number of rotatable bonds is 6. The monoisotopic (exact) mass is 291 g/mol. The fourth-order valence-corrected chi connectivity index (χ4v) is 1.42. The molecule has 0 amide bonds. The Balaban J connectivity index is 3.04. The third kappa shape index (κ3) is 4.36. The molecule has 20 heavy (non-hydrogen) atoms. The summed E-state index contributed by atoms with van der Waals surface area (Å²) in [7, 11) is 0. The maximum absolute atomic E-state index is 12.9. The minimum Gasteiger partial charge on any atom is -0.462 e. The highest BCUT2D eigenvalue weighted by Gasteiger charge is 2.38. The number of halogens is 3. The first-order valence-corrected chi connectivity index (χ1v) is 6.25. The second kappa shape index (κ2) is 7.06. The van der Waals surface area contributed by atoms with Gasteiger partial charge in [-0.25, -0.2) is 14.8 Å². The van der Waals surface area contributed by atoms with E-state index in [-0.39, 0.29) is 12.6 Å². The summed E-state index contributed by atoms with van der Waals surface area (Å²) in [6, 6.07) is 0. The van der Waals surface area contributed by atoms with Crippen LogP contribution in [-0.2, 0) is 10.9 Å². The number of alkyl halides is 3. The van der Waals surface area contributed by atoms with E-state index in [2.05, 4.69) is 20.0 Å². The van der Waals surface area contributed by atoms with Gasteiger partial charge in [0.05, 0.1) is 6.61 Å². The molecule has 0 aromatic carbocycles. The second-order valence-corrected chi connectivity index (χ2v) is 3.95. The molecule has 0 saturated carbocycles. The zero-order chi connectivity index (χ0) is 15.2. The van der Waals surface area contributed by atoms with Gasteiger partial charge in [-0.3, -0.25) is 0 Å². The fraction of sp³-hybridized carbons (Fsp3) is 0.583. The van der Waals surface area contributed by atoms with Gasteiger partial charge in [-0.1, -0.05) is 13.3 Å². The summed E-state index contributed by atoms with van der Waals surface area (Å²) in [6.45, 7) is 3.90. The lowest BCUT2D eigenvalue weighted by Crippen LogP contribution is -2.19. The van der Waals surface area contributed by atoms with Crippen LogP contribution in [0.4, 0.5) is 19.1 Å². The van der Waals surface area contributed by atoms with Gasteiger partial charge in [-0.15, -0.1) is 0 Å². The van der Waals surface area contributed by atoms with Crippen molar-refractivity contribution in [3.05, 3.63) is 17.5 Å². The van der Waals surface area contributed by atoms with Crippen molar-refractivity contribution in [2.24, 2.45) is 0 Å². The molecule has 1 aromatic heterocycles. The van der Waals surface area contributed by atoms with Crippen LogP contribution < -0.4 is 5.32 Å². The van der Waals surface area contributed by atoms with Crippen LogP contribution in [0.25, 0.3) is 0 Å². The molecule has 0 fully saturated rings. The Morgan fingerprint density at radius 2 is 2.10 bits per heavy atom. The normalized spacial score (nSPS) is 11.2. The van der Waals surface area contributed by atoms with Crippen LogP contribution in [0.15, 0.2) is 6.20 Å². The minimum absolute atomic E-state index is 0.0212. The molecule has 0 radical (unpaired) electrons. The van der Waals surface area contributed by atoms with Crippen molar-refractivity contribution in [1.29, 1.82) is 0 Å². The van der Waals surface area contributed by atoms with E-state index < -0.39 is 23.4 Å². The molecule has 0 unspecified atom stereocenters. The quantitative estimate of drug-likeness (QED) is 0.645. The van der Waals surface area contributed by atoms with E-state index in [1.54, 1.807) is 0 Å². The maximum atomic E-state index is 12.9. The fourth-order valence-electron chi connectivity index (χ4n) is 1.42. The summed E-state index contributed by atoms with van der Waals surface area (Å²) in [4.78, 5) is 18.5. The summed E-state index contributed by atoms with van der Waals surface area (Å²) in [6.07, 6.45) is -2.24. The van der Waals surface area contributed by atoms with Gasteiger partial charge in [-0.2, -0.15) is 13.2 Å². The van der Waals surface area contributed by atoms with Gasteiger partial charge in [0.25, 0.3) is 0 Å². The van der Waals surface area contributed by atoms with Crippen molar-refractivity contribution in [3.8, 4) is 0 Å². The van der Waals surface area contributed by atoms with Crippen LogP contribution in [0.1, 0.15) is 42.7 Å². The first-order valence-electron chi connectivity index (χ1n) is 6.25. The number of anilines is 1. The highest BCUT2D eigenvalue weighted by Crippen LogP contribution is 2.31. The third-order valence-electron chi connectivity index (χ3n) is 2.37. The zero-order valence-corrected chi connectivity index (χ0v) is 11.3. The van der Waals surface area contributed by atoms with Gasteiger partial charge in [0.2, 0.25) is 5.95 Å². The number of esters is 1. The smallest absolute Gasteiger partial charge is 0.434 e. The van der Waals surface area contributed by atoms with Gasteiger partial charge in [0.1, 0.15) is 5.56 Å². The molecule has 0 bridgehead atoms. The van der Waals surface area contributed by atoms with Crippen LogP contribution in [0.2, 0.25) is 0 Å². The summed E-state index contributed by atoms with van der Waals surface area (Å²) in [5, 5.41) is 2.68. The van der Waals surface area contributed by atoms with Crippen molar-refractivity contribution in [3.63, 3.8) is 0 Å². The molecule has 1 aromatic rings. The molecule has 112 valence electrons. The molecule has 5 nitrogen and oxygen atoms in total. The summed E-state index contributed by atoms with van der Waals surface area (Å²) >= 11 is 0. The largest absolute Gasteiger partial charge is 0.462 e. The number of carbonyl (C=O) groups is 1. The number of unbranched alkanes of at least 4 members (excludes halogenated alkanes) is 1. The third-order valence-corrected chi connectivity index (χ3v) is 2.37. The van der Waals surface area contributed by atoms with Crippen LogP contribution >= 0.6 is 0 Å². The van der Waals surface area contributed by atoms with Gasteiger partial charge in [0, 0.05) is 12.7 Å². The number of ether oxygens (including phenoxy) is 1. The van der Waals surface area contributed by atoms with Crippen molar-refractivity contribution in [1.82, 2.24) is 9.97 Å². The highest BCUT2D eigenvalue weighted by atomic mass is 19.4. The Hall–Kier alpha value is -1.86. The van der Waals surface area contributed by atoms with Gasteiger partial charge < -0.3 is 10.1 Å². The first kappa shape index (κ1) is 16.2. The van der Waals surface area contributed by atoms with E-state index in [1.165, 1.54) is 6.92 Å². The topological polar surface area (TPSA) is 64.1 Å². The highest BCUT2D eigenvalue weighted by molar-refractivity contribution is 5.90. The standard InChI is InChI=1S/C12H16F3N3O2/c1-3-5-6-16-11-17-7-8(10(19)20-4-2)9(18-11)12(13,14)15/h7H,3-6H2,1-2H3,(H,16,17,18). The van der Waals surface area contributed by atoms with E-state index in [1.807, 2.05) is 6.92 Å². The number of hydrogen-bond acceptors (Lipinski definition) is 5. The van der Waals surface area contributed by atoms with Crippen molar-refractivity contribution >= 4 is 11.9 Å². The molecule has 0 saturated heterocycles.